The first-order valence-electron chi connectivity index (χ1n) is 11.3. The maximum absolute atomic E-state index is 13.4. The molecule has 2 amide bonds. The Morgan fingerprint density at radius 2 is 1.82 bits per heavy atom. The molecule has 0 aromatic carbocycles. The molecule has 1 aromatic rings. The van der Waals surface area contributed by atoms with Crippen LogP contribution in [0.4, 0.5) is 13.2 Å². The summed E-state index contributed by atoms with van der Waals surface area (Å²) in [6.07, 6.45) is -1.39. The second-order valence-electron chi connectivity index (χ2n) is 10.7. The predicted octanol–water partition coefficient (Wildman–Crippen LogP) is 1.98. The number of nitrogens with zero attached hydrogens (tertiary/aromatic N) is 5. The molecule has 2 N–H and O–H groups in total. The number of rotatable bonds is 6. The number of aliphatic hydroxyl groups is 1. The number of tetrazole rings is 1. The normalized spacial score (nSPS) is 25.1. The Morgan fingerprint density at radius 3 is 2.35 bits per heavy atom. The van der Waals surface area contributed by atoms with Crippen LogP contribution in [0, 0.1) is 11.3 Å². The van der Waals surface area contributed by atoms with Gasteiger partial charge in [0.15, 0.2) is 0 Å². The molecule has 3 rings (SSSR count). The number of nitrogens with one attached hydrogen (secondary N) is 1. The molecule has 13 heteroatoms. The van der Waals surface area contributed by atoms with E-state index in [1.807, 2.05) is 20.8 Å². The molecule has 1 aromatic heterocycles. The van der Waals surface area contributed by atoms with Crippen LogP contribution in [0.5, 0.6) is 0 Å². The molecule has 2 fully saturated rings. The Balaban J connectivity index is 1.77. The van der Waals surface area contributed by atoms with Gasteiger partial charge in [0.05, 0.1) is 18.0 Å². The molecule has 9 nitrogen and oxygen atoms in total. The van der Waals surface area contributed by atoms with Gasteiger partial charge in [0.25, 0.3) is 5.91 Å². The monoisotopic (exact) mass is 506 g/mol. The molecule has 3 atom stereocenters. The van der Waals surface area contributed by atoms with E-state index < -0.39 is 29.3 Å². The van der Waals surface area contributed by atoms with Crippen LogP contribution in [0.3, 0.4) is 0 Å². The summed E-state index contributed by atoms with van der Waals surface area (Å²) in [6.45, 7) is 6.82. The number of thioether (sulfide) groups is 1. The van der Waals surface area contributed by atoms with Gasteiger partial charge in [-0.05, 0) is 59.5 Å². The molecule has 192 valence electrons. The fraction of sp³-hybridized carbons (Fsp3) is 0.857. The summed E-state index contributed by atoms with van der Waals surface area (Å²) in [5, 5.41) is 23.7. The Bertz CT molecular complexity index is 866. The Morgan fingerprint density at radius 1 is 1.18 bits per heavy atom. The standard InChI is InChI=1S/C21H33F3N6O3S/c1-18(2,3)9-14-11-29(12-15(14)26-17(32)19(4,33)21(22,23)24)16(31)10-20(5-7-34-8-6-20)30-13-25-27-28-30/h13-15,33H,5-12H2,1-4H3,(H,26,32)/t14-,15-,19?/m1/s1. The third kappa shape index (κ3) is 5.84. The first-order valence-corrected chi connectivity index (χ1v) is 12.5. The molecule has 2 aliphatic rings. The maximum atomic E-state index is 13.4. The van der Waals surface area contributed by atoms with Crippen molar-refractivity contribution in [3.05, 3.63) is 6.33 Å². The number of amides is 2. The minimum atomic E-state index is -5.11. The van der Waals surface area contributed by atoms with E-state index >= 15 is 0 Å². The molecule has 0 spiro atoms. The van der Waals surface area contributed by atoms with Crippen LogP contribution in [-0.4, -0.2) is 84.4 Å². The third-order valence-corrected chi connectivity index (χ3v) is 7.70. The van der Waals surface area contributed by atoms with Gasteiger partial charge < -0.3 is 15.3 Å². The van der Waals surface area contributed by atoms with E-state index in [9.17, 15) is 27.9 Å². The third-order valence-electron chi connectivity index (χ3n) is 6.72. The lowest BCUT2D eigenvalue weighted by Crippen LogP contribution is -2.58. The van der Waals surface area contributed by atoms with Crippen molar-refractivity contribution in [2.75, 3.05) is 24.6 Å². The van der Waals surface area contributed by atoms with E-state index in [4.69, 9.17) is 0 Å². The van der Waals surface area contributed by atoms with Crippen molar-refractivity contribution in [2.45, 2.75) is 76.7 Å². The smallest absolute Gasteiger partial charge is 0.373 e. The Kier molecular flexibility index (Phi) is 7.57. The van der Waals surface area contributed by atoms with Gasteiger partial charge in [0.2, 0.25) is 11.5 Å². The fourth-order valence-corrected chi connectivity index (χ4v) is 5.93. The molecular formula is C21H33F3N6O3S. The lowest BCUT2D eigenvalue weighted by atomic mass is 9.82. The van der Waals surface area contributed by atoms with Gasteiger partial charge in [0, 0.05) is 13.1 Å². The summed E-state index contributed by atoms with van der Waals surface area (Å²) in [5.41, 5.74) is -4.24. The summed E-state index contributed by atoms with van der Waals surface area (Å²) in [4.78, 5) is 27.4. The summed E-state index contributed by atoms with van der Waals surface area (Å²) in [6, 6.07) is -0.699. The summed E-state index contributed by atoms with van der Waals surface area (Å²) in [7, 11) is 0. The second kappa shape index (κ2) is 9.63. The quantitative estimate of drug-likeness (QED) is 0.607. The number of aromatic nitrogens is 4. The second-order valence-corrected chi connectivity index (χ2v) is 12.0. The number of hydrogen-bond acceptors (Lipinski definition) is 7. The van der Waals surface area contributed by atoms with Crippen LogP contribution >= 0.6 is 11.8 Å². The minimum absolute atomic E-state index is 0.0830. The molecule has 2 aliphatic heterocycles. The predicted molar refractivity (Wildman–Crippen MR) is 120 cm³/mol. The molecule has 0 radical (unpaired) electrons. The average molecular weight is 507 g/mol. The van der Waals surface area contributed by atoms with Crippen molar-refractivity contribution in [3.63, 3.8) is 0 Å². The lowest BCUT2D eigenvalue weighted by Gasteiger charge is -2.37. The number of likely N-dealkylation sites (tertiary alicyclic amines) is 1. The highest BCUT2D eigenvalue weighted by Gasteiger charge is 2.56. The van der Waals surface area contributed by atoms with Gasteiger partial charge in [-0.1, -0.05) is 20.8 Å². The van der Waals surface area contributed by atoms with E-state index in [2.05, 4.69) is 20.8 Å². The van der Waals surface area contributed by atoms with Crippen molar-refractivity contribution in [1.29, 1.82) is 0 Å². The number of carbonyl (C=O) groups excluding carboxylic acids is 2. The molecule has 0 saturated carbocycles. The Hall–Kier alpha value is -1.89. The number of carbonyl (C=O) groups is 2. The van der Waals surface area contributed by atoms with E-state index in [0.29, 0.717) is 19.9 Å². The topological polar surface area (TPSA) is 113 Å². The van der Waals surface area contributed by atoms with E-state index in [1.165, 1.54) is 6.33 Å². The van der Waals surface area contributed by atoms with Crippen molar-refractivity contribution in [2.24, 2.45) is 11.3 Å². The van der Waals surface area contributed by atoms with Crippen LogP contribution in [0.1, 0.15) is 53.4 Å². The fourth-order valence-electron chi connectivity index (χ4n) is 4.68. The largest absolute Gasteiger partial charge is 0.426 e. The summed E-state index contributed by atoms with van der Waals surface area (Å²) in [5.74, 6) is -0.174. The summed E-state index contributed by atoms with van der Waals surface area (Å²) < 4.78 is 41.2. The first-order chi connectivity index (χ1) is 15.6. The van der Waals surface area contributed by atoms with E-state index in [0.717, 1.165) is 24.3 Å². The first kappa shape index (κ1) is 26.7. The zero-order valence-corrected chi connectivity index (χ0v) is 20.7. The molecule has 34 heavy (non-hydrogen) atoms. The van der Waals surface area contributed by atoms with Gasteiger partial charge in [-0.2, -0.15) is 24.9 Å². The number of alkyl halides is 3. The van der Waals surface area contributed by atoms with Crippen LogP contribution in [-0.2, 0) is 15.1 Å². The lowest BCUT2D eigenvalue weighted by molar-refractivity contribution is -0.245. The van der Waals surface area contributed by atoms with Crippen molar-refractivity contribution in [1.82, 2.24) is 30.4 Å². The highest BCUT2D eigenvalue weighted by molar-refractivity contribution is 7.99. The average Bonchev–Trinajstić information content (AvgIpc) is 3.38. The van der Waals surface area contributed by atoms with Gasteiger partial charge in [-0.15, -0.1) is 5.10 Å². The van der Waals surface area contributed by atoms with Gasteiger partial charge in [0.1, 0.15) is 6.33 Å². The van der Waals surface area contributed by atoms with Gasteiger partial charge in [-0.25, -0.2) is 4.68 Å². The number of hydrogen-bond donors (Lipinski definition) is 2. The van der Waals surface area contributed by atoms with Crippen molar-refractivity contribution < 1.29 is 27.9 Å². The zero-order valence-electron chi connectivity index (χ0n) is 19.9. The van der Waals surface area contributed by atoms with E-state index in [-0.39, 0.29) is 30.2 Å². The molecule has 3 heterocycles. The number of halogens is 3. The van der Waals surface area contributed by atoms with Crippen molar-refractivity contribution >= 4 is 23.6 Å². The van der Waals surface area contributed by atoms with Crippen LogP contribution in [0.25, 0.3) is 0 Å². The molecule has 0 bridgehead atoms. The van der Waals surface area contributed by atoms with Crippen LogP contribution in [0.15, 0.2) is 6.33 Å². The van der Waals surface area contributed by atoms with Gasteiger partial charge in [-0.3, -0.25) is 9.59 Å². The summed E-state index contributed by atoms with van der Waals surface area (Å²) >= 11 is 1.80. The van der Waals surface area contributed by atoms with E-state index in [1.54, 1.807) is 21.3 Å². The van der Waals surface area contributed by atoms with Crippen molar-refractivity contribution in [3.8, 4) is 0 Å². The SMILES string of the molecule is CC(C)(C)C[C@@H]1CN(C(=O)CC2(n3cnnn3)CCSCC2)C[C@H]1NC(=O)C(C)(O)C(F)(F)F. The highest BCUT2D eigenvalue weighted by atomic mass is 32.2. The maximum Gasteiger partial charge on any atom is 0.426 e. The molecule has 2 saturated heterocycles. The van der Waals surface area contributed by atoms with Gasteiger partial charge >= 0.3 is 6.18 Å². The van der Waals surface area contributed by atoms with Crippen LogP contribution in [0.2, 0.25) is 0 Å². The highest BCUT2D eigenvalue weighted by Crippen LogP contribution is 2.38. The molecular weight excluding hydrogens is 473 g/mol. The zero-order chi connectivity index (χ0) is 25.4. The molecule has 1 unspecified atom stereocenters. The Labute approximate surface area is 201 Å². The minimum Gasteiger partial charge on any atom is -0.373 e. The molecule has 0 aliphatic carbocycles. The van der Waals surface area contributed by atoms with Crippen LogP contribution < -0.4 is 5.32 Å².